The molecular weight excluding hydrogens is 437 g/mol. The van der Waals surface area contributed by atoms with Gasteiger partial charge >= 0.3 is 6.18 Å². The van der Waals surface area contributed by atoms with E-state index in [4.69, 9.17) is 0 Å². The predicted octanol–water partition coefficient (Wildman–Crippen LogP) is 6.10. The van der Waals surface area contributed by atoms with Crippen LogP contribution in [0.15, 0.2) is 70.5 Å². The van der Waals surface area contributed by atoms with Crippen molar-refractivity contribution >= 4 is 15.9 Å². The van der Waals surface area contributed by atoms with Crippen molar-refractivity contribution in [2.24, 2.45) is 0 Å². The van der Waals surface area contributed by atoms with Crippen molar-refractivity contribution in [1.29, 1.82) is 5.26 Å². The summed E-state index contributed by atoms with van der Waals surface area (Å²) in [5.74, 6) is 0. The summed E-state index contributed by atoms with van der Waals surface area (Å²) in [5.41, 5.74) is 0.569. The number of para-hydroxylation sites is 1. The molecule has 0 radical (unpaired) electrons. The van der Waals surface area contributed by atoms with Crippen LogP contribution in [0.3, 0.4) is 0 Å². The van der Waals surface area contributed by atoms with Crippen LogP contribution < -0.4 is 0 Å². The summed E-state index contributed by atoms with van der Waals surface area (Å²) < 4.78 is 68.3. The molecule has 0 saturated heterocycles. The quantitative estimate of drug-likeness (QED) is 0.420. The molecule has 3 aromatic rings. The number of allylic oxidation sites excluding steroid dienone is 1. The van der Waals surface area contributed by atoms with Crippen LogP contribution in [0.4, 0.5) is 13.2 Å². The molecular formula is C24H21F3N2O2S. The highest BCUT2D eigenvalue weighted by atomic mass is 32.2. The normalized spacial score (nSPS) is 12.6. The monoisotopic (exact) mass is 458 g/mol. The van der Waals surface area contributed by atoms with Crippen molar-refractivity contribution in [3.63, 3.8) is 0 Å². The number of rotatable bonds is 6. The van der Waals surface area contributed by atoms with E-state index < -0.39 is 26.5 Å². The van der Waals surface area contributed by atoms with Gasteiger partial charge in [0.15, 0.2) is 0 Å². The minimum absolute atomic E-state index is 0.0268. The van der Waals surface area contributed by atoms with Gasteiger partial charge in [-0.3, -0.25) is 0 Å². The molecule has 3 rings (SSSR count). The van der Waals surface area contributed by atoms with Gasteiger partial charge in [-0.1, -0.05) is 43.7 Å². The molecule has 1 heterocycles. The number of benzene rings is 2. The van der Waals surface area contributed by atoms with Crippen molar-refractivity contribution in [2.75, 3.05) is 0 Å². The molecule has 0 saturated carbocycles. The van der Waals surface area contributed by atoms with Crippen molar-refractivity contribution in [3.05, 3.63) is 88.1 Å². The second kappa shape index (κ2) is 9.05. The first-order chi connectivity index (χ1) is 15.1. The van der Waals surface area contributed by atoms with Gasteiger partial charge in [0, 0.05) is 11.4 Å². The molecule has 166 valence electrons. The summed E-state index contributed by atoms with van der Waals surface area (Å²) >= 11 is 0. The number of hydrogen-bond donors (Lipinski definition) is 0. The van der Waals surface area contributed by atoms with Gasteiger partial charge in [0.1, 0.15) is 11.0 Å². The van der Waals surface area contributed by atoms with Crippen LogP contribution >= 0.6 is 0 Å². The summed E-state index contributed by atoms with van der Waals surface area (Å²) in [4.78, 5) is -0.503. The van der Waals surface area contributed by atoms with Crippen LogP contribution in [0.25, 0.3) is 11.8 Å². The molecule has 0 aliphatic carbocycles. The molecule has 1 aromatic heterocycles. The fourth-order valence-corrected chi connectivity index (χ4v) is 4.73. The summed E-state index contributed by atoms with van der Waals surface area (Å²) in [7, 11) is -4.07. The third-order valence-corrected chi connectivity index (χ3v) is 6.74. The average molecular weight is 459 g/mol. The van der Waals surface area contributed by atoms with E-state index in [1.807, 2.05) is 6.92 Å². The van der Waals surface area contributed by atoms with Gasteiger partial charge < -0.3 is 4.57 Å². The van der Waals surface area contributed by atoms with Crippen LogP contribution in [0, 0.1) is 18.3 Å². The highest BCUT2D eigenvalue weighted by Gasteiger charge is 2.34. The Morgan fingerprint density at radius 2 is 1.72 bits per heavy atom. The van der Waals surface area contributed by atoms with Crippen molar-refractivity contribution in [1.82, 2.24) is 4.57 Å². The smallest absolute Gasteiger partial charge is 0.317 e. The average Bonchev–Trinajstić information content (AvgIpc) is 3.06. The van der Waals surface area contributed by atoms with E-state index in [9.17, 15) is 26.9 Å². The zero-order valence-electron chi connectivity index (χ0n) is 17.5. The Morgan fingerprint density at radius 3 is 2.31 bits per heavy atom. The van der Waals surface area contributed by atoms with Crippen LogP contribution in [0.2, 0.25) is 0 Å². The molecule has 0 fully saturated rings. The summed E-state index contributed by atoms with van der Waals surface area (Å²) in [6, 6.07) is 16.2. The third kappa shape index (κ3) is 4.48. The maximum atomic E-state index is 13.7. The standard InChI is InChI=1S/C24H21F3N2O2S/c1-3-9-19-14-18(15-21(16-28)32(30,31)20-10-5-4-6-11-20)17(2)29(19)23-13-8-7-12-22(23)24(25,26)27/h4-8,10-15H,3,9H2,1-2H3/b21-15+. The minimum Gasteiger partial charge on any atom is -0.317 e. The lowest BCUT2D eigenvalue weighted by Gasteiger charge is -2.17. The van der Waals surface area contributed by atoms with E-state index in [2.05, 4.69) is 0 Å². The molecule has 0 N–H and O–H groups in total. The van der Waals surface area contributed by atoms with Gasteiger partial charge in [-0.2, -0.15) is 18.4 Å². The van der Waals surface area contributed by atoms with Gasteiger partial charge in [-0.05, 0) is 55.3 Å². The fourth-order valence-electron chi connectivity index (χ4n) is 3.56. The van der Waals surface area contributed by atoms with E-state index in [1.54, 1.807) is 37.3 Å². The van der Waals surface area contributed by atoms with Crippen molar-refractivity contribution in [3.8, 4) is 11.8 Å². The minimum atomic E-state index is -4.55. The molecule has 0 spiro atoms. The molecule has 4 nitrogen and oxygen atoms in total. The molecule has 0 aliphatic rings. The van der Waals surface area contributed by atoms with E-state index in [0.29, 0.717) is 29.8 Å². The first-order valence-corrected chi connectivity index (χ1v) is 11.4. The molecule has 0 bridgehead atoms. The lowest BCUT2D eigenvalue weighted by Crippen LogP contribution is -2.13. The van der Waals surface area contributed by atoms with Crippen molar-refractivity contribution < 1.29 is 21.6 Å². The lowest BCUT2D eigenvalue weighted by molar-refractivity contribution is -0.137. The van der Waals surface area contributed by atoms with Gasteiger partial charge in [0.25, 0.3) is 0 Å². The number of alkyl halides is 3. The highest BCUT2D eigenvalue weighted by Crippen LogP contribution is 2.36. The maximum Gasteiger partial charge on any atom is 0.418 e. The van der Waals surface area contributed by atoms with E-state index in [-0.39, 0.29) is 10.6 Å². The zero-order chi connectivity index (χ0) is 23.5. The number of halogens is 3. The number of sulfone groups is 1. The van der Waals surface area contributed by atoms with Crippen LogP contribution in [-0.2, 0) is 22.4 Å². The summed E-state index contributed by atoms with van der Waals surface area (Å²) in [5, 5.41) is 9.57. The molecule has 0 unspecified atom stereocenters. The highest BCUT2D eigenvalue weighted by molar-refractivity contribution is 7.95. The Kier molecular flexibility index (Phi) is 6.60. The molecule has 2 aromatic carbocycles. The molecule has 0 aliphatic heterocycles. The van der Waals surface area contributed by atoms with Gasteiger partial charge in [0.05, 0.1) is 16.1 Å². The summed E-state index contributed by atoms with van der Waals surface area (Å²) in [6.45, 7) is 3.51. The van der Waals surface area contributed by atoms with Crippen LogP contribution in [-0.4, -0.2) is 13.0 Å². The molecule has 32 heavy (non-hydrogen) atoms. The third-order valence-electron chi connectivity index (χ3n) is 5.06. The molecule has 8 heteroatoms. The second-order valence-corrected chi connectivity index (χ2v) is 9.13. The van der Waals surface area contributed by atoms with Crippen molar-refractivity contribution in [2.45, 2.75) is 37.8 Å². The Morgan fingerprint density at radius 1 is 1.09 bits per heavy atom. The first kappa shape index (κ1) is 23.4. The zero-order valence-corrected chi connectivity index (χ0v) is 18.3. The second-order valence-electron chi connectivity index (χ2n) is 7.21. The van der Waals surface area contributed by atoms with Crippen LogP contribution in [0.1, 0.15) is 35.9 Å². The largest absolute Gasteiger partial charge is 0.418 e. The number of aryl methyl sites for hydroxylation is 1. The summed E-state index contributed by atoms with van der Waals surface area (Å²) in [6.07, 6.45) is -2.17. The van der Waals surface area contributed by atoms with E-state index in [1.165, 1.54) is 41.0 Å². The Balaban J connectivity index is 2.23. The van der Waals surface area contributed by atoms with Gasteiger partial charge in [-0.15, -0.1) is 0 Å². The fraction of sp³-hybridized carbons (Fsp3) is 0.208. The topological polar surface area (TPSA) is 62.9 Å². The Bertz CT molecular complexity index is 1300. The number of aromatic nitrogens is 1. The predicted molar refractivity (Wildman–Crippen MR) is 117 cm³/mol. The van der Waals surface area contributed by atoms with E-state index >= 15 is 0 Å². The Hall–Kier alpha value is -3.31. The van der Waals surface area contributed by atoms with Gasteiger partial charge in [-0.25, -0.2) is 8.42 Å². The van der Waals surface area contributed by atoms with Crippen LogP contribution in [0.5, 0.6) is 0 Å². The number of nitriles is 1. The maximum absolute atomic E-state index is 13.7. The molecule has 0 amide bonds. The number of hydrogen-bond acceptors (Lipinski definition) is 3. The number of nitrogens with zero attached hydrogens (tertiary/aromatic N) is 2. The SMILES string of the molecule is CCCc1cc(/C=C(\C#N)S(=O)(=O)c2ccccc2)c(C)n1-c1ccccc1C(F)(F)F. The first-order valence-electron chi connectivity index (χ1n) is 9.91. The van der Waals surface area contributed by atoms with Gasteiger partial charge in [0.2, 0.25) is 9.84 Å². The lowest BCUT2D eigenvalue weighted by atomic mass is 10.1. The van der Waals surface area contributed by atoms with E-state index in [0.717, 1.165) is 6.07 Å². The molecule has 0 atom stereocenters. The Labute approximate surface area is 185 Å².